The Bertz CT molecular complexity index is 799. The predicted molar refractivity (Wildman–Crippen MR) is 141 cm³/mol. The molecule has 2 rings (SSSR count). The number of carbonyl (C=O) groups excluding carboxylic acids is 1. The zero-order valence-corrected chi connectivity index (χ0v) is 22.9. The second kappa shape index (κ2) is 12.4. The summed E-state index contributed by atoms with van der Waals surface area (Å²) in [6.45, 7) is 15.4. The summed E-state index contributed by atoms with van der Waals surface area (Å²) in [5.74, 6) is 6.14. The molecule has 0 aliphatic heterocycles. The van der Waals surface area contributed by atoms with E-state index < -0.39 is 5.60 Å². The molecule has 0 aromatic rings. The molecule has 4 heteroatoms. The van der Waals surface area contributed by atoms with Crippen molar-refractivity contribution in [1.29, 1.82) is 0 Å². The number of rotatable bonds is 11. The molecule has 0 spiro atoms. The Hall–Kier alpha value is -1.57. The first kappa shape index (κ1) is 28.7. The van der Waals surface area contributed by atoms with Crippen LogP contribution in [0.2, 0.25) is 0 Å². The molecule has 0 amide bonds. The first-order valence-electron chi connectivity index (χ1n) is 13.4. The number of carbonyl (C=O) groups is 1. The minimum atomic E-state index is -0.917. The van der Waals surface area contributed by atoms with Crippen molar-refractivity contribution in [2.45, 2.75) is 142 Å². The monoisotopic (exact) mass is 471 g/mol. The fourth-order valence-electron chi connectivity index (χ4n) is 5.34. The molecule has 0 bridgehead atoms. The van der Waals surface area contributed by atoms with Crippen LogP contribution in [0.3, 0.4) is 0 Å². The third kappa shape index (κ3) is 9.59. The number of aliphatic hydroxyl groups is 1. The number of allylic oxidation sites excluding steroid dienone is 3. The molecule has 1 N–H and O–H groups in total. The Morgan fingerprint density at radius 1 is 1.26 bits per heavy atom. The normalized spacial score (nSPS) is 21.9. The summed E-state index contributed by atoms with van der Waals surface area (Å²) >= 11 is 0. The van der Waals surface area contributed by atoms with E-state index in [1.165, 1.54) is 37.3 Å². The van der Waals surface area contributed by atoms with Gasteiger partial charge in [-0.25, -0.2) is 0 Å². The first-order chi connectivity index (χ1) is 15.9. The molecule has 0 radical (unpaired) electrons. The molecule has 0 saturated heterocycles. The van der Waals surface area contributed by atoms with Gasteiger partial charge in [0, 0.05) is 30.8 Å². The van der Waals surface area contributed by atoms with Gasteiger partial charge in [0.15, 0.2) is 0 Å². The molecule has 34 heavy (non-hydrogen) atoms. The molecular formula is C30H49NO3. The van der Waals surface area contributed by atoms with Crippen molar-refractivity contribution < 1.29 is 14.6 Å². The summed E-state index contributed by atoms with van der Waals surface area (Å²) < 4.78 is 5.42. The highest BCUT2D eigenvalue weighted by molar-refractivity contribution is 5.66. The Labute approximate surface area is 209 Å². The van der Waals surface area contributed by atoms with Gasteiger partial charge in [-0.05, 0) is 99.0 Å². The van der Waals surface area contributed by atoms with Crippen molar-refractivity contribution in [2.75, 3.05) is 6.54 Å². The molecule has 2 saturated carbocycles. The zero-order valence-electron chi connectivity index (χ0n) is 22.9. The van der Waals surface area contributed by atoms with Crippen molar-refractivity contribution >= 4 is 5.97 Å². The van der Waals surface area contributed by atoms with Crippen LogP contribution in [0.4, 0.5) is 0 Å². The van der Waals surface area contributed by atoms with Gasteiger partial charge in [-0.1, -0.05) is 42.1 Å². The molecule has 0 aromatic carbocycles. The lowest BCUT2D eigenvalue weighted by Crippen LogP contribution is -2.51. The van der Waals surface area contributed by atoms with E-state index in [0.717, 1.165) is 57.9 Å². The lowest BCUT2D eigenvalue weighted by molar-refractivity contribution is -0.147. The smallest absolute Gasteiger partial charge is 0.302 e. The van der Waals surface area contributed by atoms with Gasteiger partial charge < -0.3 is 9.84 Å². The number of esters is 1. The van der Waals surface area contributed by atoms with E-state index in [9.17, 15) is 9.90 Å². The average molecular weight is 472 g/mol. The van der Waals surface area contributed by atoms with Crippen molar-refractivity contribution in [2.24, 2.45) is 0 Å². The maximum atomic E-state index is 11.3. The van der Waals surface area contributed by atoms with E-state index in [1.54, 1.807) is 13.8 Å². The van der Waals surface area contributed by atoms with Gasteiger partial charge in [-0.2, -0.15) is 0 Å². The summed E-state index contributed by atoms with van der Waals surface area (Å²) in [6.07, 6.45) is 16.5. The van der Waals surface area contributed by atoms with Crippen molar-refractivity contribution in [3.05, 3.63) is 23.3 Å². The van der Waals surface area contributed by atoms with Crippen LogP contribution in [0.5, 0.6) is 0 Å². The van der Waals surface area contributed by atoms with Crippen LogP contribution >= 0.6 is 0 Å². The van der Waals surface area contributed by atoms with Gasteiger partial charge in [0.25, 0.3) is 0 Å². The highest BCUT2D eigenvalue weighted by Crippen LogP contribution is 2.48. The van der Waals surface area contributed by atoms with Crippen LogP contribution in [-0.2, 0) is 9.53 Å². The van der Waals surface area contributed by atoms with Gasteiger partial charge in [0.1, 0.15) is 11.7 Å². The maximum absolute atomic E-state index is 11.3. The minimum absolute atomic E-state index is 0.0550. The molecule has 2 aliphatic carbocycles. The third-order valence-corrected chi connectivity index (χ3v) is 7.20. The quantitative estimate of drug-likeness (QED) is 0.268. The maximum Gasteiger partial charge on any atom is 0.302 e. The van der Waals surface area contributed by atoms with Crippen molar-refractivity contribution in [3.63, 3.8) is 0 Å². The molecule has 0 unspecified atom stereocenters. The lowest BCUT2D eigenvalue weighted by atomic mass is 9.89. The van der Waals surface area contributed by atoms with Gasteiger partial charge in [-0.3, -0.25) is 9.69 Å². The Morgan fingerprint density at radius 2 is 1.97 bits per heavy atom. The van der Waals surface area contributed by atoms with E-state index in [1.807, 2.05) is 0 Å². The van der Waals surface area contributed by atoms with Crippen molar-refractivity contribution in [3.8, 4) is 11.8 Å². The van der Waals surface area contributed by atoms with Gasteiger partial charge >= 0.3 is 5.97 Å². The summed E-state index contributed by atoms with van der Waals surface area (Å²) in [5.41, 5.74) is 2.21. The molecule has 2 fully saturated rings. The highest BCUT2D eigenvalue weighted by Gasteiger charge is 2.51. The number of hydrogen-bond acceptors (Lipinski definition) is 4. The highest BCUT2D eigenvalue weighted by atomic mass is 16.5. The van der Waals surface area contributed by atoms with Crippen LogP contribution in [0, 0.1) is 11.8 Å². The molecule has 1 atom stereocenters. The van der Waals surface area contributed by atoms with Crippen LogP contribution in [0.15, 0.2) is 23.3 Å². The van der Waals surface area contributed by atoms with Crippen LogP contribution in [-0.4, -0.2) is 45.3 Å². The van der Waals surface area contributed by atoms with Crippen LogP contribution in [0.25, 0.3) is 0 Å². The summed E-state index contributed by atoms with van der Waals surface area (Å²) in [5, 5.41) is 9.96. The van der Waals surface area contributed by atoms with Gasteiger partial charge in [0.2, 0.25) is 0 Å². The average Bonchev–Trinajstić information content (AvgIpc) is 3.49. The van der Waals surface area contributed by atoms with Gasteiger partial charge in [0.05, 0.1) is 0 Å². The second-order valence-electron chi connectivity index (χ2n) is 11.7. The number of ether oxygens (including phenoxy) is 1. The first-order valence-corrected chi connectivity index (χ1v) is 13.4. The van der Waals surface area contributed by atoms with Crippen LogP contribution in [0.1, 0.15) is 119 Å². The van der Waals surface area contributed by atoms with Crippen molar-refractivity contribution in [1.82, 2.24) is 4.90 Å². The Morgan fingerprint density at radius 3 is 2.56 bits per heavy atom. The number of hydrogen-bond donors (Lipinski definition) is 1. The zero-order chi connectivity index (χ0) is 25.4. The summed E-state index contributed by atoms with van der Waals surface area (Å²) in [7, 11) is 0. The van der Waals surface area contributed by atoms with E-state index >= 15 is 0 Å². The van der Waals surface area contributed by atoms with Gasteiger partial charge in [-0.15, -0.1) is 0 Å². The molecule has 0 aromatic heterocycles. The molecule has 0 heterocycles. The fraction of sp³-hybridized carbons (Fsp3) is 0.767. The predicted octanol–water partition coefficient (Wildman–Crippen LogP) is 6.72. The van der Waals surface area contributed by atoms with Crippen LogP contribution < -0.4 is 0 Å². The Kier molecular flexibility index (Phi) is 10.5. The van der Waals surface area contributed by atoms with E-state index in [4.69, 9.17) is 4.74 Å². The largest absolute Gasteiger partial charge is 0.462 e. The standard InChI is InChI=1S/C30H49NO3/c1-8-22-31(30(20-21-30)19-11-18-29(6,7)33)28(4,5)17-10-12-24(2)15-16-26-13-9-14-27(23-26)34-25(3)32/h15-16,27,33H,8-10,12-14,17,19-23H2,1-7H3/b24-15-,26-16-/t27-/m0/s1. The Balaban J connectivity index is 1.92. The van der Waals surface area contributed by atoms with E-state index in [-0.39, 0.29) is 23.2 Å². The number of nitrogens with zero attached hydrogens (tertiary/aromatic N) is 1. The summed E-state index contributed by atoms with van der Waals surface area (Å²) in [4.78, 5) is 14.0. The third-order valence-electron chi connectivity index (χ3n) is 7.20. The second-order valence-corrected chi connectivity index (χ2v) is 11.7. The van der Waals surface area contributed by atoms with E-state index in [0.29, 0.717) is 0 Å². The SMILES string of the molecule is CCCN(C(C)(C)CCC/C(C)=C\C=C1\CCC[C@H](OC(C)=O)C1)C1(CC#CC(C)(C)O)CC1. The molecule has 2 aliphatic rings. The summed E-state index contributed by atoms with van der Waals surface area (Å²) in [6, 6.07) is 0. The fourth-order valence-corrected chi connectivity index (χ4v) is 5.34. The lowest BCUT2D eigenvalue weighted by Gasteiger charge is -2.44. The topological polar surface area (TPSA) is 49.8 Å². The molecule has 192 valence electrons. The molecule has 4 nitrogen and oxygen atoms in total. The molecular weight excluding hydrogens is 422 g/mol. The minimum Gasteiger partial charge on any atom is -0.462 e. The van der Waals surface area contributed by atoms with E-state index in [2.05, 4.69) is 56.6 Å².